The van der Waals surface area contributed by atoms with E-state index in [0.29, 0.717) is 13.1 Å². The van der Waals surface area contributed by atoms with Crippen molar-refractivity contribution in [3.8, 4) is 5.69 Å². The topological polar surface area (TPSA) is 59.4 Å². The number of ether oxygens (including phenoxy) is 1. The van der Waals surface area contributed by atoms with Crippen LogP contribution in [0.2, 0.25) is 0 Å². The van der Waals surface area contributed by atoms with Gasteiger partial charge in [-0.1, -0.05) is 18.2 Å². The fourth-order valence-electron chi connectivity index (χ4n) is 2.70. The Morgan fingerprint density at radius 3 is 2.75 bits per heavy atom. The van der Waals surface area contributed by atoms with Crippen LogP contribution in [-0.4, -0.2) is 46.0 Å². The summed E-state index contributed by atoms with van der Waals surface area (Å²) in [6.45, 7) is 7.62. The quantitative estimate of drug-likeness (QED) is 0.921. The molecule has 6 nitrogen and oxygen atoms in total. The molecule has 6 heteroatoms. The Balaban J connectivity index is 1.69. The molecule has 0 saturated carbocycles. The highest BCUT2D eigenvalue weighted by Gasteiger charge is 2.28. The third-order valence-electron chi connectivity index (χ3n) is 3.85. The van der Waals surface area contributed by atoms with Gasteiger partial charge in [-0.15, -0.1) is 0 Å². The van der Waals surface area contributed by atoms with Crippen molar-refractivity contribution >= 4 is 6.09 Å². The van der Waals surface area contributed by atoms with Crippen molar-refractivity contribution in [3.63, 3.8) is 0 Å². The molecule has 1 atom stereocenters. The molecule has 0 radical (unpaired) electrons. The van der Waals surface area contributed by atoms with Crippen molar-refractivity contribution in [2.24, 2.45) is 0 Å². The van der Waals surface area contributed by atoms with E-state index in [2.05, 4.69) is 10.4 Å². The predicted octanol–water partition coefficient (Wildman–Crippen LogP) is 2.75. The average molecular weight is 328 g/mol. The summed E-state index contributed by atoms with van der Waals surface area (Å²) in [5.41, 5.74) is 1.60. The minimum Gasteiger partial charge on any atom is -0.444 e. The lowest BCUT2D eigenvalue weighted by atomic mass is 10.1. The van der Waals surface area contributed by atoms with E-state index in [1.807, 2.05) is 68.2 Å². The summed E-state index contributed by atoms with van der Waals surface area (Å²) in [4.78, 5) is 14.0. The smallest absolute Gasteiger partial charge is 0.410 e. The van der Waals surface area contributed by atoms with Crippen molar-refractivity contribution < 1.29 is 9.53 Å². The fourth-order valence-corrected chi connectivity index (χ4v) is 2.70. The van der Waals surface area contributed by atoms with Gasteiger partial charge in [-0.2, -0.15) is 5.10 Å². The van der Waals surface area contributed by atoms with Gasteiger partial charge in [0.25, 0.3) is 0 Å². The number of hydrogen-bond acceptors (Lipinski definition) is 4. The highest BCUT2D eigenvalue weighted by molar-refractivity contribution is 5.68. The maximum atomic E-state index is 12.3. The minimum absolute atomic E-state index is 0.0590. The van der Waals surface area contributed by atoms with Crippen molar-refractivity contribution in [3.05, 3.63) is 48.3 Å². The Kier molecular flexibility index (Phi) is 4.57. The number of rotatable bonds is 2. The van der Waals surface area contributed by atoms with Crippen LogP contribution in [0.3, 0.4) is 0 Å². The molecule has 2 heterocycles. The number of aromatic nitrogens is 2. The highest BCUT2D eigenvalue weighted by Crippen LogP contribution is 2.20. The maximum Gasteiger partial charge on any atom is 0.410 e. The highest BCUT2D eigenvalue weighted by atomic mass is 16.6. The predicted molar refractivity (Wildman–Crippen MR) is 92.1 cm³/mol. The summed E-state index contributed by atoms with van der Waals surface area (Å²) in [5, 5.41) is 7.88. The van der Waals surface area contributed by atoms with Crippen molar-refractivity contribution in [1.82, 2.24) is 20.0 Å². The number of piperazine rings is 1. The lowest BCUT2D eigenvalue weighted by Crippen LogP contribution is -2.49. The minimum atomic E-state index is -0.477. The van der Waals surface area contributed by atoms with Gasteiger partial charge in [-0.25, -0.2) is 9.48 Å². The van der Waals surface area contributed by atoms with Crippen molar-refractivity contribution in [2.75, 3.05) is 19.6 Å². The van der Waals surface area contributed by atoms with Crippen LogP contribution in [0.15, 0.2) is 42.7 Å². The van der Waals surface area contributed by atoms with Crippen LogP contribution in [-0.2, 0) is 4.74 Å². The first-order valence-corrected chi connectivity index (χ1v) is 8.24. The van der Waals surface area contributed by atoms with Crippen LogP contribution in [0.25, 0.3) is 5.69 Å². The molecule has 24 heavy (non-hydrogen) atoms. The molecule has 1 fully saturated rings. The normalized spacial score (nSPS) is 18.5. The van der Waals surface area contributed by atoms with Crippen molar-refractivity contribution in [1.29, 1.82) is 0 Å². The van der Waals surface area contributed by atoms with E-state index in [4.69, 9.17) is 4.74 Å². The first-order valence-electron chi connectivity index (χ1n) is 8.24. The van der Waals surface area contributed by atoms with Gasteiger partial charge >= 0.3 is 6.09 Å². The number of carbonyl (C=O) groups excluding carboxylic acids is 1. The average Bonchev–Trinajstić information content (AvgIpc) is 3.04. The van der Waals surface area contributed by atoms with Gasteiger partial charge in [0.2, 0.25) is 0 Å². The molecular weight excluding hydrogens is 304 g/mol. The van der Waals surface area contributed by atoms with Crippen LogP contribution >= 0.6 is 0 Å². The lowest BCUT2D eigenvalue weighted by molar-refractivity contribution is 0.0195. The molecule has 3 rings (SSSR count). The molecule has 2 aromatic rings. The number of carbonyl (C=O) groups is 1. The molecule has 0 spiro atoms. The van der Waals surface area contributed by atoms with Crippen LogP contribution in [0.1, 0.15) is 32.4 Å². The molecule has 1 aromatic carbocycles. The van der Waals surface area contributed by atoms with E-state index in [0.717, 1.165) is 17.8 Å². The Labute approximate surface area is 142 Å². The number of nitrogens with zero attached hydrogens (tertiary/aromatic N) is 3. The van der Waals surface area contributed by atoms with Crippen LogP contribution in [0, 0.1) is 0 Å². The van der Waals surface area contributed by atoms with Gasteiger partial charge in [0.15, 0.2) is 0 Å². The molecule has 1 saturated heterocycles. The first kappa shape index (κ1) is 16.5. The molecule has 1 aliphatic rings. The third-order valence-corrected chi connectivity index (χ3v) is 3.85. The summed E-state index contributed by atoms with van der Waals surface area (Å²) in [6.07, 6.45) is 3.60. The Bertz CT molecular complexity index is 691. The first-order chi connectivity index (χ1) is 11.4. The largest absolute Gasteiger partial charge is 0.444 e. The Hall–Kier alpha value is -2.34. The molecule has 1 aliphatic heterocycles. The Morgan fingerprint density at radius 2 is 2.04 bits per heavy atom. The number of benzene rings is 1. The SMILES string of the molecule is CC(C)(C)OC(=O)N1CCNC(c2cnn(-c3ccccc3)c2)C1. The second kappa shape index (κ2) is 6.65. The van der Waals surface area contributed by atoms with E-state index in [1.165, 1.54) is 0 Å². The molecule has 1 N–H and O–H groups in total. The van der Waals surface area contributed by atoms with Crippen LogP contribution in [0.4, 0.5) is 4.79 Å². The molecule has 128 valence electrons. The molecule has 1 amide bonds. The molecule has 0 bridgehead atoms. The zero-order chi connectivity index (χ0) is 17.2. The molecule has 1 unspecified atom stereocenters. The maximum absolute atomic E-state index is 12.3. The van der Waals surface area contributed by atoms with E-state index >= 15 is 0 Å². The summed E-state index contributed by atoms with van der Waals surface area (Å²) < 4.78 is 7.32. The number of nitrogens with one attached hydrogen (secondary N) is 1. The van der Waals surface area contributed by atoms with E-state index in [9.17, 15) is 4.79 Å². The Morgan fingerprint density at radius 1 is 1.29 bits per heavy atom. The van der Waals surface area contributed by atoms with Crippen LogP contribution < -0.4 is 5.32 Å². The van der Waals surface area contributed by atoms with Crippen molar-refractivity contribution in [2.45, 2.75) is 32.4 Å². The second-order valence-corrected chi connectivity index (χ2v) is 6.99. The van der Waals surface area contributed by atoms with E-state index < -0.39 is 5.60 Å². The molecule has 1 aromatic heterocycles. The van der Waals surface area contributed by atoms with E-state index in [-0.39, 0.29) is 12.1 Å². The monoisotopic (exact) mass is 328 g/mol. The summed E-state index contributed by atoms with van der Waals surface area (Å²) in [6, 6.07) is 10.0. The van der Waals surface area contributed by atoms with Gasteiger partial charge < -0.3 is 15.0 Å². The van der Waals surface area contributed by atoms with Gasteiger partial charge in [0.1, 0.15) is 5.60 Å². The summed E-state index contributed by atoms with van der Waals surface area (Å²) in [5.74, 6) is 0. The van der Waals surface area contributed by atoms with E-state index in [1.54, 1.807) is 4.90 Å². The van der Waals surface area contributed by atoms with Gasteiger partial charge in [0, 0.05) is 31.4 Å². The number of amides is 1. The molecule has 0 aliphatic carbocycles. The van der Waals surface area contributed by atoms with Gasteiger partial charge in [-0.3, -0.25) is 0 Å². The molecular formula is C18H24N4O2. The third kappa shape index (κ3) is 3.94. The summed E-state index contributed by atoms with van der Waals surface area (Å²) >= 11 is 0. The second-order valence-electron chi connectivity index (χ2n) is 6.99. The summed E-state index contributed by atoms with van der Waals surface area (Å²) in [7, 11) is 0. The standard InChI is InChI=1S/C18H24N4O2/c1-18(2,3)24-17(23)21-10-9-19-16(13-21)14-11-20-22(12-14)15-7-5-4-6-8-15/h4-8,11-12,16,19H,9-10,13H2,1-3H3. The zero-order valence-electron chi connectivity index (χ0n) is 14.4. The zero-order valence-corrected chi connectivity index (χ0v) is 14.4. The van der Waals surface area contributed by atoms with Gasteiger partial charge in [-0.05, 0) is 32.9 Å². The number of hydrogen-bond donors (Lipinski definition) is 1. The van der Waals surface area contributed by atoms with Crippen LogP contribution in [0.5, 0.6) is 0 Å². The number of para-hydroxylation sites is 1. The lowest BCUT2D eigenvalue weighted by Gasteiger charge is -2.34. The fraction of sp³-hybridized carbons (Fsp3) is 0.444. The van der Waals surface area contributed by atoms with Gasteiger partial charge in [0.05, 0.1) is 17.9 Å².